The van der Waals surface area contributed by atoms with Gasteiger partial charge in [0, 0.05) is 0 Å². The van der Waals surface area contributed by atoms with Gasteiger partial charge in [0.25, 0.3) is 0 Å². The van der Waals surface area contributed by atoms with E-state index < -0.39 is 48.0 Å². The zero-order chi connectivity index (χ0) is 13.9. The lowest BCUT2D eigenvalue weighted by molar-refractivity contribution is -0.139. The van der Waals surface area contributed by atoms with Crippen molar-refractivity contribution >= 4 is 11.7 Å². The van der Waals surface area contributed by atoms with Crippen LogP contribution in [0.2, 0.25) is 0 Å². The normalized spacial score (nSPS) is 11.3. The Balaban J connectivity index is 2.89. The van der Waals surface area contributed by atoms with Gasteiger partial charge in [-0.2, -0.15) is 13.2 Å². The number of rotatable bonds is 4. The zero-order valence-corrected chi connectivity index (χ0v) is 8.92. The van der Waals surface area contributed by atoms with Crippen molar-refractivity contribution in [1.29, 1.82) is 0 Å². The molecule has 1 aromatic rings. The summed E-state index contributed by atoms with van der Waals surface area (Å²) in [6.07, 6.45) is -5.67. The van der Waals surface area contributed by atoms with Crippen molar-refractivity contribution < 1.29 is 32.2 Å². The van der Waals surface area contributed by atoms with E-state index in [1.54, 1.807) is 0 Å². The summed E-state index contributed by atoms with van der Waals surface area (Å²) in [4.78, 5) is 10.8. The minimum absolute atomic E-state index is 0.398. The van der Waals surface area contributed by atoms with Gasteiger partial charge in [-0.3, -0.25) is 0 Å². The molecule has 0 amide bonds. The van der Waals surface area contributed by atoms with Gasteiger partial charge in [0.2, 0.25) is 0 Å². The van der Waals surface area contributed by atoms with Crippen molar-refractivity contribution in [3.05, 3.63) is 23.5 Å². The second kappa shape index (κ2) is 5.11. The van der Waals surface area contributed by atoms with Gasteiger partial charge in [0.15, 0.2) is 0 Å². The van der Waals surface area contributed by atoms with Crippen LogP contribution in [0.1, 0.15) is 16.8 Å². The van der Waals surface area contributed by atoms with E-state index in [9.17, 15) is 22.4 Å². The van der Waals surface area contributed by atoms with E-state index in [2.05, 4.69) is 4.74 Å². The lowest BCUT2D eigenvalue weighted by atomic mass is 10.1. The fourth-order valence-electron chi connectivity index (χ4n) is 1.19. The number of alkyl halides is 3. The van der Waals surface area contributed by atoms with Gasteiger partial charge in [-0.05, 0) is 12.1 Å². The molecule has 0 saturated heterocycles. The molecule has 100 valence electrons. The van der Waals surface area contributed by atoms with Crippen molar-refractivity contribution in [2.24, 2.45) is 0 Å². The number of anilines is 1. The van der Waals surface area contributed by atoms with Gasteiger partial charge in [0.05, 0.1) is 18.7 Å². The summed E-state index contributed by atoms with van der Waals surface area (Å²) in [6, 6.07) is 1.75. The van der Waals surface area contributed by atoms with Crippen LogP contribution in [0.15, 0.2) is 12.1 Å². The number of aromatic carboxylic acids is 1. The molecule has 0 aliphatic carbocycles. The summed E-state index contributed by atoms with van der Waals surface area (Å²) in [5.74, 6) is -2.95. The second-order valence-electron chi connectivity index (χ2n) is 3.35. The highest BCUT2D eigenvalue weighted by molar-refractivity contribution is 5.96. The van der Waals surface area contributed by atoms with Crippen LogP contribution >= 0.6 is 0 Å². The third-order valence-corrected chi connectivity index (χ3v) is 2.01. The van der Waals surface area contributed by atoms with Crippen molar-refractivity contribution in [3.8, 4) is 5.75 Å². The Morgan fingerprint density at radius 2 is 2.00 bits per heavy atom. The standard InChI is InChI=1S/C10H9F4NO3/c11-5-1-2-6(7(8(5)15)9(16)17)18-4-3-10(12,13)14/h1-2H,3-4,15H2,(H,16,17). The van der Waals surface area contributed by atoms with Crippen LogP contribution in [0.4, 0.5) is 23.2 Å². The molecule has 1 rings (SSSR count). The van der Waals surface area contributed by atoms with Gasteiger partial charge >= 0.3 is 12.1 Å². The molecule has 0 aliphatic rings. The number of carboxylic acids is 1. The Labute approximate surface area is 99.0 Å². The van der Waals surface area contributed by atoms with E-state index in [0.29, 0.717) is 0 Å². The van der Waals surface area contributed by atoms with Crippen LogP contribution in [0.25, 0.3) is 0 Å². The van der Waals surface area contributed by atoms with Crippen LogP contribution in [0, 0.1) is 5.82 Å². The number of carboxylic acid groups (broad SMARTS) is 1. The number of ether oxygens (including phenoxy) is 1. The number of hydrogen-bond acceptors (Lipinski definition) is 3. The SMILES string of the molecule is Nc1c(F)ccc(OCCC(F)(F)F)c1C(=O)O. The van der Waals surface area contributed by atoms with E-state index in [1.165, 1.54) is 0 Å². The van der Waals surface area contributed by atoms with E-state index in [-0.39, 0.29) is 0 Å². The number of halogens is 4. The van der Waals surface area contributed by atoms with Crippen molar-refractivity contribution in [2.75, 3.05) is 12.3 Å². The number of hydrogen-bond donors (Lipinski definition) is 2. The molecule has 3 N–H and O–H groups in total. The maximum Gasteiger partial charge on any atom is 0.392 e. The number of carbonyl (C=O) groups is 1. The van der Waals surface area contributed by atoms with Gasteiger partial charge in [0.1, 0.15) is 17.1 Å². The van der Waals surface area contributed by atoms with Gasteiger partial charge in [-0.1, -0.05) is 0 Å². The summed E-state index contributed by atoms with van der Waals surface area (Å²) in [6.45, 7) is -0.769. The molecule has 0 atom stereocenters. The maximum atomic E-state index is 13.0. The average Bonchev–Trinajstić information content (AvgIpc) is 2.21. The lowest BCUT2D eigenvalue weighted by Gasteiger charge is -2.12. The molecule has 0 fully saturated rings. The fraction of sp³-hybridized carbons (Fsp3) is 0.300. The molecule has 8 heteroatoms. The Bertz CT molecular complexity index is 459. The second-order valence-corrected chi connectivity index (χ2v) is 3.35. The minimum Gasteiger partial charge on any atom is -0.492 e. The summed E-state index contributed by atoms with van der Waals surface area (Å²) in [5.41, 5.74) is 3.83. The molecule has 18 heavy (non-hydrogen) atoms. The van der Waals surface area contributed by atoms with E-state index in [0.717, 1.165) is 12.1 Å². The molecule has 4 nitrogen and oxygen atoms in total. The number of benzene rings is 1. The van der Waals surface area contributed by atoms with Crippen LogP contribution in [0.5, 0.6) is 5.75 Å². The van der Waals surface area contributed by atoms with Gasteiger partial charge < -0.3 is 15.6 Å². The highest BCUT2D eigenvalue weighted by Gasteiger charge is 2.27. The Morgan fingerprint density at radius 1 is 1.39 bits per heavy atom. The molecular weight excluding hydrogens is 258 g/mol. The zero-order valence-electron chi connectivity index (χ0n) is 8.92. The van der Waals surface area contributed by atoms with Crippen molar-refractivity contribution in [2.45, 2.75) is 12.6 Å². The first-order valence-electron chi connectivity index (χ1n) is 4.73. The Hall–Kier alpha value is -1.99. The molecule has 0 unspecified atom stereocenters. The van der Waals surface area contributed by atoms with Crippen LogP contribution in [-0.4, -0.2) is 23.9 Å². The molecule has 1 aromatic carbocycles. The lowest BCUT2D eigenvalue weighted by Crippen LogP contribution is -2.15. The average molecular weight is 267 g/mol. The Morgan fingerprint density at radius 3 is 2.50 bits per heavy atom. The largest absolute Gasteiger partial charge is 0.492 e. The predicted octanol–water partition coefficient (Wildman–Crippen LogP) is 2.44. The first kappa shape index (κ1) is 14.1. The Kier molecular flexibility index (Phi) is 4.00. The summed E-state index contributed by atoms with van der Waals surface area (Å²) in [5, 5.41) is 8.78. The number of nitrogen functional groups attached to an aromatic ring is 1. The van der Waals surface area contributed by atoms with Crippen LogP contribution < -0.4 is 10.5 Å². The van der Waals surface area contributed by atoms with Gasteiger partial charge in [-0.25, -0.2) is 9.18 Å². The topological polar surface area (TPSA) is 72.5 Å². The third kappa shape index (κ3) is 3.51. The monoisotopic (exact) mass is 267 g/mol. The third-order valence-electron chi connectivity index (χ3n) is 2.01. The molecule has 0 bridgehead atoms. The molecular formula is C10H9F4NO3. The van der Waals surface area contributed by atoms with E-state index >= 15 is 0 Å². The van der Waals surface area contributed by atoms with E-state index in [4.69, 9.17) is 10.8 Å². The van der Waals surface area contributed by atoms with Crippen molar-refractivity contribution in [1.82, 2.24) is 0 Å². The first-order valence-corrected chi connectivity index (χ1v) is 4.73. The molecule has 0 spiro atoms. The molecule has 0 heterocycles. The molecule has 0 aliphatic heterocycles. The maximum absolute atomic E-state index is 13.0. The molecule has 0 aromatic heterocycles. The smallest absolute Gasteiger partial charge is 0.392 e. The quantitative estimate of drug-likeness (QED) is 0.649. The summed E-state index contributed by atoms with van der Waals surface area (Å²) < 4.78 is 53.3. The fourth-order valence-corrected chi connectivity index (χ4v) is 1.19. The minimum atomic E-state index is -4.42. The highest BCUT2D eigenvalue weighted by atomic mass is 19.4. The number of nitrogens with two attached hydrogens (primary N) is 1. The highest BCUT2D eigenvalue weighted by Crippen LogP contribution is 2.28. The molecule has 0 radical (unpaired) electrons. The first-order chi connectivity index (χ1) is 8.22. The predicted molar refractivity (Wildman–Crippen MR) is 53.9 cm³/mol. The molecule has 0 saturated carbocycles. The van der Waals surface area contributed by atoms with Crippen molar-refractivity contribution in [3.63, 3.8) is 0 Å². The summed E-state index contributed by atoms with van der Waals surface area (Å²) in [7, 11) is 0. The summed E-state index contributed by atoms with van der Waals surface area (Å²) >= 11 is 0. The van der Waals surface area contributed by atoms with Gasteiger partial charge in [-0.15, -0.1) is 0 Å². The van der Waals surface area contributed by atoms with Crippen LogP contribution in [-0.2, 0) is 0 Å². The van der Waals surface area contributed by atoms with Crippen LogP contribution in [0.3, 0.4) is 0 Å². The van der Waals surface area contributed by atoms with E-state index in [1.807, 2.05) is 0 Å².